The second kappa shape index (κ2) is 8.69. The Balaban J connectivity index is 1.25. The zero-order valence-corrected chi connectivity index (χ0v) is 23.0. The highest BCUT2D eigenvalue weighted by molar-refractivity contribution is 7.26. The van der Waals surface area contributed by atoms with Crippen molar-refractivity contribution in [1.29, 1.82) is 0 Å². The van der Waals surface area contributed by atoms with Gasteiger partial charge in [-0.15, -0.1) is 11.3 Å². The van der Waals surface area contributed by atoms with E-state index in [1.807, 2.05) is 11.3 Å². The molecule has 9 aromatic rings. The van der Waals surface area contributed by atoms with Crippen LogP contribution in [0.4, 0.5) is 0 Å². The molecule has 0 N–H and O–H groups in total. The monoisotopic (exact) mass is 540 g/mol. The third kappa shape index (κ3) is 3.24. The van der Waals surface area contributed by atoms with Gasteiger partial charge in [0.05, 0.1) is 16.6 Å². The van der Waals surface area contributed by atoms with Crippen molar-refractivity contribution < 1.29 is 0 Å². The topological polar surface area (TPSA) is 9.86 Å². The van der Waals surface area contributed by atoms with Crippen LogP contribution in [0.5, 0.6) is 0 Å². The van der Waals surface area contributed by atoms with Crippen LogP contribution in [0.1, 0.15) is 0 Å². The quantitative estimate of drug-likeness (QED) is 0.211. The van der Waals surface area contributed by atoms with Crippen LogP contribution in [0.15, 0.2) is 146 Å². The maximum absolute atomic E-state index is 2.42. The van der Waals surface area contributed by atoms with Crippen molar-refractivity contribution in [2.24, 2.45) is 0 Å². The van der Waals surface area contributed by atoms with Crippen molar-refractivity contribution in [3.8, 4) is 22.5 Å². The normalized spacial score (nSPS) is 11.9. The lowest BCUT2D eigenvalue weighted by Crippen LogP contribution is -1.93. The summed E-state index contributed by atoms with van der Waals surface area (Å²) in [5.41, 5.74) is 8.61. The molecular weight excluding hydrogens is 516 g/mol. The SMILES string of the molecule is c1ccc(-n2c3ccccc3c3c4cccc(-c5ccc(-n6c7ccccc7c7ccccc76)cc5)c4sc32)cc1. The van der Waals surface area contributed by atoms with E-state index in [4.69, 9.17) is 0 Å². The van der Waals surface area contributed by atoms with Gasteiger partial charge in [-0.2, -0.15) is 0 Å². The average Bonchev–Trinajstić information content (AvgIpc) is 3.68. The molecule has 0 aliphatic heterocycles. The van der Waals surface area contributed by atoms with Crippen molar-refractivity contribution in [3.63, 3.8) is 0 Å². The Hall–Kier alpha value is -5.12. The van der Waals surface area contributed by atoms with Crippen LogP contribution in [0.2, 0.25) is 0 Å². The lowest BCUT2D eigenvalue weighted by Gasteiger charge is -2.10. The van der Waals surface area contributed by atoms with Crippen LogP contribution in [0.25, 0.3) is 75.5 Å². The molecule has 0 amide bonds. The van der Waals surface area contributed by atoms with Gasteiger partial charge in [-0.3, -0.25) is 0 Å². The molecule has 3 aromatic heterocycles. The Morgan fingerprint density at radius 1 is 0.390 bits per heavy atom. The molecule has 0 fully saturated rings. The second-order valence-electron chi connectivity index (χ2n) is 10.6. The number of thiophene rings is 1. The van der Waals surface area contributed by atoms with E-state index in [2.05, 4.69) is 155 Å². The molecule has 0 atom stereocenters. The smallest absolute Gasteiger partial charge is 0.109 e. The Kier molecular flexibility index (Phi) is 4.80. The number of aromatic nitrogens is 2. The van der Waals surface area contributed by atoms with Crippen LogP contribution in [-0.4, -0.2) is 9.13 Å². The molecule has 0 saturated carbocycles. The highest BCUT2D eigenvalue weighted by atomic mass is 32.1. The molecule has 3 heteroatoms. The molecule has 0 aliphatic rings. The van der Waals surface area contributed by atoms with E-state index in [9.17, 15) is 0 Å². The van der Waals surface area contributed by atoms with Gasteiger partial charge in [0.25, 0.3) is 0 Å². The fourth-order valence-corrected chi connectivity index (χ4v) is 7.95. The summed E-state index contributed by atoms with van der Waals surface area (Å²) in [6, 6.07) is 52.7. The van der Waals surface area contributed by atoms with E-state index in [0.717, 1.165) is 0 Å². The van der Waals surface area contributed by atoms with Crippen molar-refractivity contribution in [2.45, 2.75) is 0 Å². The fourth-order valence-electron chi connectivity index (χ4n) is 6.57. The lowest BCUT2D eigenvalue weighted by atomic mass is 10.0. The molecule has 0 bridgehead atoms. The van der Waals surface area contributed by atoms with Crippen molar-refractivity contribution in [3.05, 3.63) is 146 Å². The summed E-state index contributed by atoms with van der Waals surface area (Å²) in [4.78, 5) is 1.29. The second-order valence-corrected chi connectivity index (χ2v) is 11.6. The minimum atomic E-state index is 1.18. The summed E-state index contributed by atoms with van der Waals surface area (Å²) in [6.07, 6.45) is 0. The first kappa shape index (κ1) is 22.7. The third-order valence-electron chi connectivity index (χ3n) is 8.35. The zero-order chi connectivity index (χ0) is 26.9. The van der Waals surface area contributed by atoms with Crippen LogP contribution in [0, 0.1) is 0 Å². The molecule has 9 rings (SSSR count). The number of hydrogen-bond acceptors (Lipinski definition) is 1. The number of benzene rings is 6. The Bertz CT molecular complexity index is 2350. The predicted octanol–water partition coefficient (Wildman–Crippen LogP) is 10.8. The molecule has 41 heavy (non-hydrogen) atoms. The van der Waals surface area contributed by atoms with Gasteiger partial charge >= 0.3 is 0 Å². The Morgan fingerprint density at radius 2 is 0.927 bits per heavy atom. The summed E-state index contributed by atoms with van der Waals surface area (Å²) in [5.74, 6) is 0. The van der Waals surface area contributed by atoms with Crippen LogP contribution < -0.4 is 0 Å². The molecule has 0 unspecified atom stereocenters. The summed E-state index contributed by atoms with van der Waals surface area (Å²) >= 11 is 1.89. The van der Waals surface area contributed by atoms with E-state index in [0.29, 0.717) is 0 Å². The minimum Gasteiger partial charge on any atom is -0.309 e. The van der Waals surface area contributed by atoms with E-state index in [1.54, 1.807) is 0 Å². The Labute approximate surface area is 240 Å². The van der Waals surface area contributed by atoms with Gasteiger partial charge < -0.3 is 9.13 Å². The van der Waals surface area contributed by atoms with Gasteiger partial charge in [-0.05, 0) is 53.6 Å². The largest absolute Gasteiger partial charge is 0.309 e. The fraction of sp³-hybridized carbons (Fsp3) is 0. The van der Waals surface area contributed by atoms with Crippen LogP contribution in [0.3, 0.4) is 0 Å². The zero-order valence-electron chi connectivity index (χ0n) is 22.2. The Morgan fingerprint density at radius 3 is 1.61 bits per heavy atom. The number of nitrogens with zero attached hydrogens (tertiary/aromatic N) is 2. The minimum absolute atomic E-state index is 1.18. The number of hydrogen-bond donors (Lipinski definition) is 0. The van der Waals surface area contributed by atoms with E-state index >= 15 is 0 Å². The number of rotatable bonds is 3. The molecular formula is C38H24N2S. The number of para-hydroxylation sites is 4. The van der Waals surface area contributed by atoms with Crippen LogP contribution >= 0.6 is 11.3 Å². The molecule has 0 spiro atoms. The van der Waals surface area contributed by atoms with Crippen molar-refractivity contribution in [2.75, 3.05) is 0 Å². The van der Waals surface area contributed by atoms with Gasteiger partial charge in [-0.1, -0.05) is 103 Å². The first-order valence-electron chi connectivity index (χ1n) is 14.0. The van der Waals surface area contributed by atoms with E-state index in [1.165, 1.54) is 75.5 Å². The first-order chi connectivity index (χ1) is 20.4. The van der Waals surface area contributed by atoms with E-state index in [-0.39, 0.29) is 0 Å². The van der Waals surface area contributed by atoms with Crippen molar-refractivity contribution in [1.82, 2.24) is 9.13 Å². The number of fused-ring (bicyclic) bond motifs is 8. The van der Waals surface area contributed by atoms with Gasteiger partial charge in [0.15, 0.2) is 0 Å². The summed E-state index contributed by atoms with van der Waals surface area (Å²) in [6.45, 7) is 0. The molecule has 3 heterocycles. The molecule has 6 aromatic carbocycles. The van der Waals surface area contributed by atoms with Gasteiger partial charge in [0.2, 0.25) is 0 Å². The summed E-state index contributed by atoms with van der Waals surface area (Å²) in [7, 11) is 0. The maximum atomic E-state index is 2.42. The molecule has 2 nitrogen and oxygen atoms in total. The van der Waals surface area contributed by atoms with Crippen molar-refractivity contribution >= 4 is 64.3 Å². The summed E-state index contributed by atoms with van der Waals surface area (Å²) in [5, 5.41) is 6.53. The lowest BCUT2D eigenvalue weighted by molar-refractivity contribution is 1.18. The molecule has 0 aliphatic carbocycles. The molecule has 0 saturated heterocycles. The predicted molar refractivity (Wildman–Crippen MR) is 176 cm³/mol. The van der Waals surface area contributed by atoms with E-state index < -0.39 is 0 Å². The van der Waals surface area contributed by atoms with Gasteiger partial charge in [0, 0.05) is 43.0 Å². The third-order valence-corrected chi connectivity index (χ3v) is 9.57. The average molecular weight is 541 g/mol. The first-order valence-corrected chi connectivity index (χ1v) is 14.8. The van der Waals surface area contributed by atoms with Gasteiger partial charge in [-0.25, -0.2) is 0 Å². The van der Waals surface area contributed by atoms with Crippen LogP contribution in [-0.2, 0) is 0 Å². The molecule has 0 radical (unpaired) electrons. The standard InChI is InChI=1S/C38H24N2S/c1-2-11-26(12-3-1)40-35-20-9-6-15-31(35)36-32-17-10-16-28(37(32)41-38(36)40)25-21-23-27(24-22-25)39-33-18-7-4-13-29(33)30-14-5-8-19-34(30)39/h1-24H. The highest BCUT2D eigenvalue weighted by Gasteiger charge is 2.19. The maximum Gasteiger partial charge on any atom is 0.109 e. The molecule has 192 valence electrons. The highest BCUT2D eigenvalue weighted by Crippen LogP contribution is 2.45. The van der Waals surface area contributed by atoms with Gasteiger partial charge in [0.1, 0.15) is 4.83 Å². The summed E-state index contributed by atoms with van der Waals surface area (Å²) < 4.78 is 6.13.